The molecule has 2 aromatic rings. The highest BCUT2D eigenvalue weighted by atomic mass is 16.6. The van der Waals surface area contributed by atoms with Crippen LogP contribution in [0.3, 0.4) is 0 Å². The average Bonchev–Trinajstić information content (AvgIpc) is 3.01. The van der Waals surface area contributed by atoms with Crippen LogP contribution in [-0.4, -0.2) is 26.6 Å². The lowest BCUT2D eigenvalue weighted by molar-refractivity contribution is 0.109. The Morgan fingerprint density at radius 3 is 2.68 bits per heavy atom. The van der Waals surface area contributed by atoms with Crippen LogP contribution >= 0.6 is 0 Å². The molecule has 2 rings (SSSR count). The van der Waals surface area contributed by atoms with Crippen LogP contribution in [0, 0.1) is 0 Å². The van der Waals surface area contributed by atoms with E-state index in [0.29, 0.717) is 29.2 Å². The molecule has 7 nitrogen and oxygen atoms in total. The maximum Gasteiger partial charge on any atom is 0.412 e. The summed E-state index contributed by atoms with van der Waals surface area (Å²) in [6.45, 7) is -0.0852. The summed E-state index contributed by atoms with van der Waals surface area (Å²) in [6, 6.07) is 8.01. The van der Waals surface area contributed by atoms with Gasteiger partial charge in [0.15, 0.2) is 18.7 Å². The zero-order chi connectivity index (χ0) is 15.9. The largest absolute Gasteiger partial charge is 0.497 e. The highest BCUT2D eigenvalue weighted by Gasteiger charge is 2.11. The SMILES string of the molecule is COc1ccc(NC(=O)OCc2ccc(C=O)o2)c(OC)c1. The molecular weight excluding hydrogens is 290 g/mol. The molecule has 0 aliphatic carbocycles. The van der Waals surface area contributed by atoms with Crippen LogP contribution < -0.4 is 14.8 Å². The van der Waals surface area contributed by atoms with Crippen LogP contribution in [0.2, 0.25) is 0 Å². The summed E-state index contributed by atoms with van der Waals surface area (Å²) in [5, 5.41) is 2.55. The Kier molecular flexibility index (Phi) is 5.02. The summed E-state index contributed by atoms with van der Waals surface area (Å²) in [4.78, 5) is 22.2. The smallest absolute Gasteiger partial charge is 0.412 e. The van der Waals surface area contributed by atoms with Gasteiger partial charge in [-0.15, -0.1) is 0 Å². The number of anilines is 1. The number of ether oxygens (including phenoxy) is 3. The van der Waals surface area contributed by atoms with E-state index in [9.17, 15) is 9.59 Å². The van der Waals surface area contributed by atoms with Crippen molar-refractivity contribution in [2.24, 2.45) is 0 Å². The van der Waals surface area contributed by atoms with Gasteiger partial charge in [0, 0.05) is 6.07 Å². The second-order valence-electron chi connectivity index (χ2n) is 4.19. The molecule has 1 aromatic carbocycles. The van der Waals surface area contributed by atoms with Gasteiger partial charge in [0.1, 0.15) is 17.3 Å². The van der Waals surface area contributed by atoms with Gasteiger partial charge in [-0.25, -0.2) is 4.79 Å². The number of hydrogen-bond donors (Lipinski definition) is 1. The molecule has 0 fully saturated rings. The molecule has 0 radical (unpaired) electrons. The average molecular weight is 305 g/mol. The van der Waals surface area contributed by atoms with E-state index in [0.717, 1.165) is 0 Å². The Bertz CT molecular complexity index is 664. The number of carbonyl (C=O) groups excluding carboxylic acids is 2. The number of benzene rings is 1. The van der Waals surface area contributed by atoms with Crippen LogP contribution in [-0.2, 0) is 11.3 Å². The van der Waals surface area contributed by atoms with Gasteiger partial charge >= 0.3 is 6.09 Å². The lowest BCUT2D eigenvalue weighted by Crippen LogP contribution is -2.14. The van der Waals surface area contributed by atoms with Crippen molar-refractivity contribution >= 4 is 18.1 Å². The summed E-state index contributed by atoms with van der Waals surface area (Å²) in [7, 11) is 3.02. The highest BCUT2D eigenvalue weighted by molar-refractivity contribution is 5.86. The molecule has 0 atom stereocenters. The monoisotopic (exact) mass is 305 g/mol. The fourth-order valence-corrected chi connectivity index (χ4v) is 1.72. The quantitative estimate of drug-likeness (QED) is 0.826. The number of amides is 1. The second-order valence-corrected chi connectivity index (χ2v) is 4.19. The van der Waals surface area contributed by atoms with Crippen molar-refractivity contribution in [2.75, 3.05) is 19.5 Å². The zero-order valence-corrected chi connectivity index (χ0v) is 12.1. The van der Waals surface area contributed by atoms with E-state index in [-0.39, 0.29) is 12.4 Å². The fourth-order valence-electron chi connectivity index (χ4n) is 1.72. The topological polar surface area (TPSA) is 87.0 Å². The number of methoxy groups -OCH3 is 2. The molecule has 0 spiro atoms. The Morgan fingerprint density at radius 2 is 2.05 bits per heavy atom. The Morgan fingerprint density at radius 1 is 1.23 bits per heavy atom. The Hall–Kier alpha value is -2.96. The first-order valence-corrected chi connectivity index (χ1v) is 6.36. The summed E-state index contributed by atoms with van der Waals surface area (Å²) < 4.78 is 20.3. The van der Waals surface area contributed by atoms with Crippen molar-refractivity contribution in [2.45, 2.75) is 6.61 Å². The molecule has 22 heavy (non-hydrogen) atoms. The standard InChI is InChI=1S/C15H15NO6/c1-19-10-5-6-13(14(7-10)20-2)16-15(18)21-9-12-4-3-11(8-17)22-12/h3-8H,9H2,1-2H3,(H,16,18). The number of furan rings is 1. The van der Waals surface area contributed by atoms with Crippen LogP contribution in [0.1, 0.15) is 16.3 Å². The molecule has 1 aromatic heterocycles. The maximum atomic E-state index is 11.8. The lowest BCUT2D eigenvalue weighted by Gasteiger charge is -2.11. The number of nitrogens with one attached hydrogen (secondary N) is 1. The molecule has 7 heteroatoms. The van der Waals surface area contributed by atoms with Crippen molar-refractivity contribution in [1.82, 2.24) is 0 Å². The number of hydrogen-bond acceptors (Lipinski definition) is 6. The predicted octanol–water partition coefficient (Wildman–Crippen LogP) is 2.86. The van der Waals surface area contributed by atoms with E-state index in [1.54, 1.807) is 24.3 Å². The molecule has 1 N–H and O–H groups in total. The van der Waals surface area contributed by atoms with Gasteiger partial charge in [-0.05, 0) is 24.3 Å². The van der Waals surface area contributed by atoms with Crippen LogP contribution in [0.5, 0.6) is 11.5 Å². The minimum absolute atomic E-state index is 0.0852. The Labute approximate surface area is 126 Å². The van der Waals surface area contributed by atoms with Gasteiger partial charge in [0.25, 0.3) is 0 Å². The van der Waals surface area contributed by atoms with E-state index in [1.165, 1.54) is 20.3 Å². The molecule has 1 heterocycles. The minimum Gasteiger partial charge on any atom is -0.497 e. The molecule has 0 bridgehead atoms. The molecule has 0 saturated carbocycles. The van der Waals surface area contributed by atoms with Crippen molar-refractivity contribution < 1.29 is 28.2 Å². The third kappa shape index (κ3) is 3.78. The molecule has 0 aliphatic heterocycles. The van der Waals surface area contributed by atoms with Crippen LogP contribution in [0.4, 0.5) is 10.5 Å². The molecule has 1 amide bonds. The number of carbonyl (C=O) groups is 2. The van der Waals surface area contributed by atoms with Gasteiger partial charge in [0.05, 0.1) is 19.9 Å². The molecule has 0 unspecified atom stereocenters. The van der Waals surface area contributed by atoms with Crippen molar-refractivity contribution in [3.8, 4) is 11.5 Å². The van der Waals surface area contributed by atoms with E-state index >= 15 is 0 Å². The summed E-state index contributed by atoms with van der Waals surface area (Å²) >= 11 is 0. The van der Waals surface area contributed by atoms with Crippen LogP contribution in [0.25, 0.3) is 0 Å². The normalized spacial score (nSPS) is 9.91. The first-order chi connectivity index (χ1) is 10.7. The minimum atomic E-state index is -0.674. The fraction of sp³-hybridized carbons (Fsp3) is 0.200. The van der Waals surface area contributed by atoms with Gasteiger partial charge in [0.2, 0.25) is 0 Å². The molecular formula is C15H15NO6. The zero-order valence-electron chi connectivity index (χ0n) is 12.1. The number of aldehydes is 1. The van der Waals surface area contributed by atoms with E-state index in [4.69, 9.17) is 18.6 Å². The molecule has 0 aliphatic rings. The third-order valence-electron chi connectivity index (χ3n) is 2.79. The molecule has 116 valence electrons. The molecule has 0 saturated heterocycles. The summed E-state index contributed by atoms with van der Waals surface area (Å²) in [5.41, 5.74) is 0.446. The second kappa shape index (κ2) is 7.16. The first kappa shape index (κ1) is 15.4. The summed E-state index contributed by atoms with van der Waals surface area (Å²) in [5.74, 6) is 1.60. The number of rotatable bonds is 6. The highest BCUT2D eigenvalue weighted by Crippen LogP contribution is 2.29. The van der Waals surface area contributed by atoms with Gasteiger partial charge < -0.3 is 18.6 Å². The van der Waals surface area contributed by atoms with Gasteiger partial charge in [-0.3, -0.25) is 10.1 Å². The van der Waals surface area contributed by atoms with E-state index < -0.39 is 6.09 Å². The third-order valence-corrected chi connectivity index (χ3v) is 2.79. The van der Waals surface area contributed by atoms with Crippen LogP contribution in [0.15, 0.2) is 34.7 Å². The van der Waals surface area contributed by atoms with Crippen molar-refractivity contribution in [1.29, 1.82) is 0 Å². The van der Waals surface area contributed by atoms with Gasteiger partial charge in [-0.1, -0.05) is 0 Å². The van der Waals surface area contributed by atoms with E-state index in [2.05, 4.69) is 5.32 Å². The van der Waals surface area contributed by atoms with Crippen molar-refractivity contribution in [3.05, 3.63) is 41.9 Å². The predicted molar refractivity (Wildman–Crippen MR) is 77.4 cm³/mol. The van der Waals surface area contributed by atoms with Crippen molar-refractivity contribution in [3.63, 3.8) is 0 Å². The maximum absolute atomic E-state index is 11.8. The summed E-state index contributed by atoms with van der Waals surface area (Å²) in [6.07, 6.45) is -0.0984. The van der Waals surface area contributed by atoms with E-state index in [1.807, 2.05) is 0 Å². The lowest BCUT2D eigenvalue weighted by atomic mass is 10.2. The van der Waals surface area contributed by atoms with Gasteiger partial charge in [-0.2, -0.15) is 0 Å². The Balaban J connectivity index is 1.95. The first-order valence-electron chi connectivity index (χ1n) is 6.36.